The van der Waals surface area contributed by atoms with Crippen LogP contribution in [0.2, 0.25) is 0 Å². The zero-order chi connectivity index (χ0) is 21.3. The van der Waals surface area contributed by atoms with Crippen LogP contribution in [0.15, 0.2) is 18.2 Å². The molecule has 3 rings (SSSR count). The molecule has 0 saturated carbocycles. The number of anilines is 1. The van der Waals surface area contributed by atoms with Crippen molar-refractivity contribution in [1.82, 2.24) is 9.21 Å². The molecule has 1 fully saturated rings. The summed E-state index contributed by atoms with van der Waals surface area (Å²) in [6.45, 7) is 0.218. The maximum absolute atomic E-state index is 12.7. The summed E-state index contributed by atoms with van der Waals surface area (Å²) in [5.41, 5.74) is -0.0142. The molecule has 0 spiro atoms. The molecular formula is C17H22N4O7S. The van der Waals surface area contributed by atoms with Gasteiger partial charge in [0.25, 0.3) is 11.6 Å². The first-order valence-corrected chi connectivity index (χ1v) is 10.8. The number of sulfonamides is 1. The summed E-state index contributed by atoms with van der Waals surface area (Å²) in [7, 11) is -1.79. The topological polar surface area (TPSA) is 130 Å². The molecule has 2 aliphatic heterocycles. The number of hydrogen-bond donors (Lipinski definition) is 0. The van der Waals surface area contributed by atoms with E-state index in [4.69, 9.17) is 4.74 Å². The minimum Gasteiger partial charge on any atom is -0.482 e. The quantitative estimate of drug-likeness (QED) is 0.486. The van der Waals surface area contributed by atoms with Crippen LogP contribution in [-0.4, -0.2) is 79.9 Å². The van der Waals surface area contributed by atoms with E-state index >= 15 is 0 Å². The van der Waals surface area contributed by atoms with E-state index in [0.717, 1.165) is 6.26 Å². The summed E-state index contributed by atoms with van der Waals surface area (Å²) in [6, 6.07) is 3.72. The molecule has 2 amide bonds. The molecule has 1 aromatic carbocycles. The maximum atomic E-state index is 12.7. The third kappa shape index (κ3) is 4.48. The minimum absolute atomic E-state index is 0.178. The van der Waals surface area contributed by atoms with E-state index in [1.54, 1.807) is 4.90 Å². The largest absolute Gasteiger partial charge is 0.482 e. The fourth-order valence-electron chi connectivity index (χ4n) is 3.46. The molecule has 0 aliphatic carbocycles. The van der Waals surface area contributed by atoms with Crippen LogP contribution in [0.4, 0.5) is 11.4 Å². The number of likely N-dealkylation sites (tertiary alicyclic amines) is 1. The molecule has 0 aromatic heterocycles. The number of nitrogens with zero attached hydrogens (tertiary/aromatic N) is 4. The van der Waals surface area contributed by atoms with Gasteiger partial charge in [-0.1, -0.05) is 0 Å². The monoisotopic (exact) mass is 426 g/mol. The van der Waals surface area contributed by atoms with Crippen molar-refractivity contribution in [2.75, 3.05) is 44.4 Å². The fraction of sp³-hybridized carbons (Fsp3) is 0.529. The molecule has 0 radical (unpaired) electrons. The lowest BCUT2D eigenvalue weighted by atomic mass is 10.1. The third-order valence-corrected chi connectivity index (χ3v) is 6.59. The zero-order valence-electron chi connectivity index (χ0n) is 16.1. The van der Waals surface area contributed by atoms with Gasteiger partial charge in [0.05, 0.1) is 16.9 Å². The van der Waals surface area contributed by atoms with Gasteiger partial charge in [-0.3, -0.25) is 24.6 Å². The summed E-state index contributed by atoms with van der Waals surface area (Å²) in [5, 5.41) is 11.0. The summed E-state index contributed by atoms with van der Waals surface area (Å²) < 4.78 is 30.0. The molecular weight excluding hydrogens is 404 g/mol. The number of nitro benzene ring substituents is 1. The Bertz CT molecular complexity index is 941. The molecule has 0 N–H and O–H groups in total. The Morgan fingerprint density at radius 3 is 2.59 bits per heavy atom. The molecule has 2 heterocycles. The van der Waals surface area contributed by atoms with Gasteiger partial charge in [-0.2, -0.15) is 0 Å². The smallest absolute Gasteiger partial charge is 0.271 e. The van der Waals surface area contributed by atoms with Crippen LogP contribution in [0.1, 0.15) is 12.8 Å². The van der Waals surface area contributed by atoms with Gasteiger partial charge >= 0.3 is 0 Å². The Morgan fingerprint density at radius 1 is 1.34 bits per heavy atom. The molecule has 0 bridgehead atoms. The van der Waals surface area contributed by atoms with Gasteiger partial charge in [0.1, 0.15) is 12.3 Å². The first-order valence-electron chi connectivity index (χ1n) is 9.00. The highest BCUT2D eigenvalue weighted by Crippen LogP contribution is 2.35. The number of carbonyl (C=O) groups is 2. The molecule has 158 valence electrons. The number of amides is 2. The van der Waals surface area contributed by atoms with Crippen molar-refractivity contribution in [3.8, 4) is 5.75 Å². The second-order valence-corrected chi connectivity index (χ2v) is 9.11. The van der Waals surface area contributed by atoms with Gasteiger partial charge in [0, 0.05) is 38.3 Å². The van der Waals surface area contributed by atoms with E-state index in [1.807, 2.05) is 0 Å². The summed E-state index contributed by atoms with van der Waals surface area (Å²) >= 11 is 0. The molecule has 12 heteroatoms. The normalized spacial score (nSPS) is 17.8. The highest BCUT2D eigenvalue weighted by Gasteiger charge is 2.33. The van der Waals surface area contributed by atoms with Crippen molar-refractivity contribution in [2.24, 2.45) is 0 Å². The molecule has 1 saturated heterocycles. The summed E-state index contributed by atoms with van der Waals surface area (Å²) in [4.78, 5) is 38.3. The summed E-state index contributed by atoms with van der Waals surface area (Å²) in [6.07, 6.45) is 2.13. The molecule has 29 heavy (non-hydrogen) atoms. The first kappa shape index (κ1) is 21.0. The standard InChI is InChI=1S/C17H22N4O7S/c1-18(29(2,26)27)12-5-7-19(8-6-12)16(22)10-20-14-9-13(21(24)25)3-4-15(14)28-11-17(20)23/h3-4,9,12H,5-8,10-11H2,1-2H3. The van der Waals surface area contributed by atoms with Gasteiger partial charge in [-0.05, 0) is 18.9 Å². The Labute approximate surface area is 168 Å². The number of piperidine rings is 1. The lowest BCUT2D eigenvalue weighted by Gasteiger charge is -2.37. The molecule has 11 nitrogen and oxygen atoms in total. The number of ether oxygens (including phenoxy) is 1. The highest BCUT2D eigenvalue weighted by atomic mass is 32.2. The van der Waals surface area contributed by atoms with Crippen LogP contribution in [-0.2, 0) is 19.6 Å². The third-order valence-electron chi connectivity index (χ3n) is 5.24. The van der Waals surface area contributed by atoms with Crippen LogP contribution in [0.3, 0.4) is 0 Å². The van der Waals surface area contributed by atoms with Gasteiger partial charge < -0.3 is 9.64 Å². The van der Waals surface area contributed by atoms with E-state index in [2.05, 4.69) is 0 Å². The molecule has 0 unspecified atom stereocenters. The average Bonchev–Trinajstić information content (AvgIpc) is 2.68. The van der Waals surface area contributed by atoms with Crippen molar-refractivity contribution in [3.05, 3.63) is 28.3 Å². The summed E-state index contributed by atoms with van der Waals surface area (Å²) in [5.74, 6) is -0.465. The van der Waals surface area contributed by atoms with E-state index in [-0.39, 0.29) is 36.5 Å². The predicted molar refractivity (Wildman–Crippen MR) is 103 cm³/mol. The predicted octanol–water partition coefficient (Wildman–Crippen LogP) is 0.203. The van der Waals surface area contributed by atoms with Crippen molar-refractivity contribution in [1.29, 1.82) is 0 Å². The number of hydrogen-bond acceptors (Lipinski definition) is 7. The van der Waals surface area contributed by atoms with E-state index in [1.165, 1.54) is 34.5 Å². The Balaban J connectivity index is 1.70. The second-order valence-electron chi connectivity index (χ2n) is 7.07. The van der Waals surface area contributed by atoms with Gasteiger partial charge in [0.2, 0.25) is 15.9 Å². The maximum Gasteiger partial charge on any atom is 0.271 e. The molecule has 0 atom stereocenters. The number of nitro groups is 1. The van der Waals surface area contributed by atoms with Crippen molar-refractivity contribution in [2.45, 2.75) is 18.9 Å². The second kappa shape index (κ2) is 7.95. The highest BCUT2D eigenvalue weighted by molar-refractivity contribution is 7.88. The number of benzene rings is 1. The Morgan fingerprint density at radius 2 is 2.00 bits per heavy atom. The molecule has 2 aliphatic rings. The Kier molecular flexibility index (Phi) is 5.75. The average molecular weight is 426 g/mol. The van der Waals surface area contributed by atoms with E-state index < -0.39 is 20.9 Å². The van der Waals surface area contributed by atoms with Gasteiger partial charge in [0.15, 0.2) is 6.61 Å². The van der Waals surface area contributed by atoms with Crippen LogP contribution >= 0.6 is 0 Å². The SMILES string of the molecule is CN(C1CCN(C(=O)CN2C(=O)COc3ccc([N+](=O)[O-])cc32)CC1)S(C)(=O)=O. The fourth-order valence-corrected chi connectivity index (χ4v) is 4.21. The minimum atomic E-state index is -3.31. The molecule has 1 aromatic rings. The van der Waals surface area contributed by atoms with Gasteiger partial charge in [-0.15, -0.1) is 0 Å². The first-order chi connectivity index (χ1) is 13.6. The van der Waals surface area contributed by atoms with Crippen molar-refractivity contribution >= 4 is 33.2 Å². The lowest BCUT2D eigenvalue weighted by Crippen LogP contribution is -2.51. The number of carbonyl (C=O) groups excluding carboxylic acids is 2. The number of rotatable bonds is 5. The van der Waals surface area contributed by atoms with E-state index in [0.29, 0.717) is 31.7 Å². The zero-order valence-corrected chi connectivity index (χ0v) is 16.9. The number of non-ortho nitro benzene ring substituents is 1. The van der Waals surface area contributed by atoms with E-state index in [9.17, 15) is 28.1 Å². The lowest BCUT2D eigenvalue weighted by molar-refractivity contribution is -0.384. The van der Waals surface area contributed by atoms with Crippen LogP contribution in [0.5, 0.6) is 5.75 Å². The van der Waals surface area contributed by atoms with Gasteiger partial charge in [-0.25, -0.2) is 12.7 Å². The Hall–Kier alpha value is -2.73. The van der Waals surface area contributed by atoms with Crippen molar-refractivity contribution < 1.29 is 27.7 Å². The van der Waals surface area contributed by atoms with Crippen LogP contribution in [0, 0.1) is 10.1 Å². The van der Waals surface area contributed by atoms with Crippen LogP contribution < -0.4 is 9.64 Å². The van der Waals surface area contributed by atoms with Crippen molar-refractivity contribution in [3.63, 3.8) is 0 Å². The number of fused-ring (bicyclic) bond motifs is 1. The van der Waals surface area contributed by atoms with Crippen LogP contribution in [0.25, 0.3) is 0 Å².